The first-order chi connectivity index (χ1) is 56.7. The average molecular weight is 1600 g/mol. The van der Waals surface area contributed by atoms with Gasteiger partial charge < -0.3 is 101 Å². The Labute approximate surface area is 670 Å². The van der Waals surface area contributed by atoms with Crippen LogP contribution in [0, 0.1) is 0 Å². The molecule has 0 saturated heterocycles. The standard InChI is InChI=1S/C29H28N2O8.2C29H27NO9/c1-31-11-10-16-19(14-6-5-7-15(12-14)28(30)32)26-27(38-13-37-26)25(36-4)20(16)22(31)23-17-8-9-18(34-2)24(35-3)21(17)29(33)39-23;1-30-12-11-16-19(14-5-7-15(8-6-14)28(31)32)26-27(38-13-37-26)25(36-4)20(16)22(30)23-17-9-10-18(34-2)24(35-3)21(17)29(33)39-23;1-30-11-10-16-19(14-6-5-7-15(12-14)28(31)32)26-27(38-13-37-26)25(36-4)20(16)22(30)23-17-8-9-18(34-2)24(35-3)21(17)29(33)39-23/h5-9,12,22-23H,10-11,13H2,1-4H3,(H2,30,32);5-10,22-23H,11-13H2,1-4H3,(H,31,32);5-9,12,22-23H,10-11,13H2,1-4H3,(H,31,32)/t3*22-,23+/m111/s1. The molecule has 1 amide bonds. The number of carbonyl (C=O) groups is 6. The van der Waals surface area contributed by atoms with E-state index in [1.54, 1.807) is 100 Å². The Bertz CT molecular complexity index is 5380. The summed E-state index contributed by atoms with van der Waals surface area (Å²) in [6.45, 7) is 2.02. The fraction of sp³-hybridized carbons (Fsp3) is 0.310. The number of carboxylic acid groups (broad SMARTS) is 2. The first-order valence-corrected chi connectivity index (χ1v) is 37.3. The number of amides is 1. The molecule has 0 aromatic heterocycles. The summed E-state index contributed by atoms with van der Waals surface area (Å²) < 4.78 is 104. The Kier molecular flexibility index (Phi) is 20.6. The van der Waals surface area contributed by atoms with Gasteiger partial charge in [-0.3, -0.25) is 19.5 Å². The number of rotatable bonds is 18. The zero-order valence-corrected chi connectivity index (χ0v) is 65.8. The fourth-order valence-electron chi connectivity index (χ4n) is 17.8. The highest BCUT2D eigenvalue weighted by atomic mass is 16.7. The van der Waals surface area contributed by atoms with Gasteiger partial charge in [-0.1, -0.05) is 54.6 Å². The summed E-state index contributed by atoms with van der Waals surface area (Å²) in [6.07, 6.45) is -0.0518. The smallest absolute Gasteiger partial charge is 0.343 e. The Morgan fingerprint density at radius 1 is 0.359 bits per heavy atom. The van der Waals surface area contributed by atoms with Crippen molar-refractivity contribution in [1.29, 1.82) is 0 Å². The molecule has 0 fully saturated rings. The van der Waals surface area contributed by atoms with Crippen LogP contribution >= 0.6 is 0 Å². The monoisotopic (exact) mass is 1600 g/mol. The molecule has 0 bridgehead atoms. The number of aromatic carboxylic acids is 2. The molecule has 0 aliphatic carbocycles. The van der Waals surface area contributed by atoms with Crippen molar-refractivity contribution in [3.8, 4) is 120 Å². The van der Waals surface area contributed by atoms with Crippen LogP contribution in [0.2, 0.25) is 0 Å². The van der Waals surface area contributed by atoms with Crippen molar-refractivity contribution in [2.45, 2.75) is 55.7 Å². The number of esters is 3. The van der Waals surface area contributed by atoms with E-state index in [0.717, 1.165) is 61.2 Å². The van der Waals surface area contributed by atoms with Crippen LogP contribution in [-0.2, 0) is 33.5 Å². The highest BCUT2D eigenvalue weighted by molar-refractivity contribution is 6.01. The van der Waals surface area contributed by atoms with E-state index < -0.39 is 72.2 Å². The third kappa shape index (κ3) is 12.7. The van der Waals surface area contributed by atoms with Gasteiger partial charge in [0.15, 0.2) is 69.0 Å². The van der Waals surface area contributed by atoms with Crippen LogP contribution in [0.15, 0.2) is 109 Å². The highest BCUT2D eigenvalue weighted by Gasteiger charge is 2.52. The second-order valence-corrected chi connectivity index (χ2v) is 28.6. The van der Waals surface area contributed by atoms with Crippen molar-refractivity contribution in [2.24, 2.45) is 5.73 Å². The lowest BCUT2D eigenvalue weighted by Gasteiger charge is -2.39. The number of methoxy groups -OCH3 is 9. The van der Waals surface area contributed by atoms with Gasteiger partial charge in [-0.25, -0.2) is 24.0 Å². The lowest BCUT2D eigenvalue weighted by Crippen LogP contribution is -2.36. The number of ether oxygens (including phenoxy) is 18. The van der Waals surface area contributed by atoms with Crippen molar-refractivity contribution in [3.63, 3.8) is 0 Å². The van der Waals surface area contributed by atoms with Crippen LogP contribution in [0.5, 0.6) is 86.2 Å². The number of cyclic esters (lactones) is 3. The molecule has 0 spiro atoms. The molecule has 117 heavy (non-hydrogen) atoms. The van der Waals surface area contributed by atoms with Gasteiger partial charge in [-0.2, -0.15) is 0 Å². The Morgan fingerprint density at radius 3 is 0.974 bits per heavy atom. The molecule has 4 N–H and O–H groups in total. The van der Waals surface area contributed by atoms with E-state index in [-0.39, 0.29) is 31.5 Å². The molecule has 9 aliphatic heterocycles. The van der Waals surface area contributed by atoms with Crippen LogP contribution in [-0.4, -0.2) is 186 Å². The minimum absolute atomic E-state index is 0.00104. The van der Waals surface area contributed by atoms with E-state index in [1.165, 1.54) is 42.7 Å². The summed E-state index contributed by atoms with van der Waals surface area (Å²) in [5.41, 5.74) is 19.3. The first-order valence-electron chi connectivity index (χ1n) is 37.3. The lowest BCUT2D eigenvalue weighted by molar-refractivity contribution is 0.00809. The summed E-state index contributed by atoms with van der Waals surface area (Å²) in [6, 6.07) is 30.0. The average Bonchev–Trinajstić information content (AvgIpc) is 1.66. The number of benzene rings is 9. The quantitative estimate of drug-likeness (QED) is 0.0530. The molecule has 606 valence electrons. The van der Waals surface area contributed by atoms with Crippen LogP contribution in [0.1, 0.15) is 149 Å². The number of fused-ring (bicyclic) bond motifs is 9. The molecule has 6 atom stereocenters. The van der Waals surface area contributed by atoms with Crippen LogP contribution in [0.3, 0.4) is 0 Å². The molecule has 9 aromatic rings. The summed E-state index contributed by atoms with van der Waals surface area (Å²) in [5.74, 6) is 2.80. The molecule has 0 unspecified atom stereocenters. The van der Waals surface area contributed by atoms with Crippen molar-refractivity contribution in [1.82, 2.24) is 14.7 Å². The van der Waals surface area contributed by atoms with E-state index >= 15 is 0 Å². The van der Waals surface area contributed by atoms with E-state index in [9.17, 15) is 39.0 Å². The number of hydrogen-bond donors (Lipinski definition) is 3. The molecule has 18 rings (SSSR count). The molecule has 9 heterocycles. The normalized spacial score (nSPS) is 19.2. The predicted octanol–water partition coefficient (Wildman–Crippen LogP) is 12.1. The summed E-state index contributed by atoms with van der Waals surface area (Å²) in [5, 5.41) is 19.0. The predicted molar refractivity (Wildman–Crippen MR) is 416 cm³/mol. The van der Waals surface area contributed by atoms with Gasteiger partial charge in [-0.05, 0) is 128 Å². The summed E-state index contributed by atoms with van der Waals surface area (Å²) in [7, 11) is 19.7. The van der Waals surface area contributed by atoms with Gasteiger partial charge in [-0.15, -0.1) is 0 Å². The van der Waals surface area contributed by atoms with E-state index in [1.807, 2.05) is 51.5 Å². The second-order valence-electron chi connectivity index (χ2n) is 28.6. The number of carbonyl (C=O) groups excluding carboxylic acids is 4. The van der Waals surface area contributed by atoms with Gasteiger partial charge in [0.25, 0.3) is 0 Å². The number of primary amides is 1. The Balaban J connectivity index is 0.000000131. The van der Waals surface area contributed by atoms with Crippen molar-refractivity contribution in [3.05, 3.63) is 193 Å². The SMILES string of the molecule is COc1ccc2c(c1OC)C(=O)O[C@@H]2[C@H]1c2c(c(-c3ccc(C(=O)O)cc3)c3c(c2OC)OCO3)CCN1C.COc1ccc2c(c1OC)C(=O)O[C@@H]2[C@H]1c2c(c(-c3cccc(C(=O)O)c3)c3c(c2OC)OCO3)CCN1C.COc1ccc2c(c1OC)C(=O)O[C@@H]2[C@H]1c2c(c(-c3cccc(C(N)=O)c3)c3c(c2OC)OCO3)CCN1C. The highest BCUT2D eigenvalue weighted by Crippen LogP contribution is 2.64. The first kappa shape index (κ1) is 77.6. The number of likely N-dealkylation sites (N-methyl/N-ethyl adjacent to an activating group) is 3. The Morgan fingerprint density at radius 2 is 0.667 bits per heavy atom. The van der Waals surface area contributed by atoms with E-state index in [0.29, 0.717) is 170 Å². The molecule has 30 heteroatoms. The lowest BCUT2D eigenvalue weighted by atomic mass is 9.81. The number of carboxylic acids is 2. The van der Waals surface area contributed by atoms with Crippen molar-refractivity contribution >= 4 is 35.8 Å². The van der Waals surface area contributed by atoms with Crippen molar-refractivity contribution < 1.29 is 124 Å². The number of nitrogens with zero attached hydrogens (tertiary/aromatic N) is 3. The zero-order valence-electron chi connectivity index (χ0n) is 65.8. The largest absolute Gasteiger partial charge is 0.493 e. The van der Waals surface area contributed by atoms with Crippen LogP contribution in [0.4, 0.5) is 0 Å². The number of hydrogen-bond acceptors (Lipinski definition) is 27. The Hall–Kier alpha value is -13.3. The number of nitrogens with two attached hydrogens (primary N) is 1. The topological polar surface area (TPSA) is 345 Å². The molecule has 9 aliphatic rings. The molecular weight excluding hydrogens is 1520 g/mol. The van der Waals surface area contributed by atoms with Gasteiger partial charge in [0, 0.05) is 75.3 Å². The molecule has 30 nitrogen and oxygen atoms in total. The molecule has 0 saturated carbocycles. The summed E-state index contributed by atoms with van der Waals surface area (Å²) in [4.78, 5) is 81.3. The maximum atomic E-state index is 13.2. The molecular formula is C87H82N4O26. The van der Waals surface area contributed by atoms with Crippen LogP contribution in [0.25, 0.3) is 33.4 Å². The molecule has 9 aromatic carbocycles. The van der Waals surface area contributed by atoms with Crippen molar-refractivity contribution in [2.75, 3.05) is 125 Å². The fourth-order valence-corrected chi connectivity index (χ4v) is 17.8. The zero-order chi connectivity index (χ0) is 82.3. The van der Waals surface area contributed by atoms with Gasteiger partial charge in [0.1, 0.15) is 35.0 Å². The van der Waals surface area contributed by atoms with Gasteiger partial charge >= 0.3 is 29.8 Å². The third-order valence-electron chi connectivity index (χ3n) is 22.9. The molecule has 0 radical (unpaired) electrons. The van der Waals surface area contributed by atoms with E-state index in [4.69, 9.17) is 91.0 Å². The maximum absolute atomic E-state index is 13.2. The third-order valence-corrected chi connectivity index (χ3v) is 22.9. The van der Waals surface area contributed by atoms with Crippen LogP contribution < -0.4 is 76.8 Å². The van der Waals surface area contributed by atoms with E-state index in [2.05, 4.69) is 14.7 Å². The minimum Gasteiger partial charge on any atom is -0.493 e. The van der Waals surface area contributed by atoms with Gasteiger partial charge in [0.05, 0.1) is 93.2 Å². The van der Waals surface area contributed by atoms with Gasteiger partial charge in [0.2, 0.25) is 43.5 Å². The summed E-state index contributed by atoms with van der Waals surface area (Å²) >= 11 is 0. The minimum atomic E-state index is -1.02. The maximum Gasteiger partial charge on any atom is 0.343 e. The second kappa shape index (κ2) is 31.1.